The van der Waals surface area contributed by atoms with E-state index in [2.05, 4.69) is 10.2 Å². The molecule has 3 rings (SSSR count). The minimum absolute atomic E-state index is 0.0103. The first-order valence-electron chi connectivity index (χ1n) is 10.1. The van der Waals surface area contributed by atoms with Crippen LogP contribution >= 0.6 is 11.8 Å². The average Bonchev–Trinajstić information content (AvgIpc) is 3.17. The number of benzene rings is 2. The topological polar surface area (TPSA) is 60.2 Å². The molecule has 6 nitrogen and oxygen atoms in total. The van der Waals surface area contributed by atoms with E-state index in [-0.39, 0.29) is 22.9 Å². The van der Waals surface area contributed by atoms with Crippen LogP contribution < -0.4 is 4.74 Å². The van der Waals surface area contributed by atoms with E-state index in [1.54, 1.807) is 36.4 Å². The Hall–Kier alpha value is -2.71. The highest BCUT2D eigenvalue weighted by Gasteiger charge is 2.25. The number of rotatable bonds is 9. The van der Waals surface area contributed by atoms with Crippen LogP contribution in [0.5, 0.6) is 5.75 Å². The Labute approximate surface area is 186 Å². The quantitative estimate of drug-likeness (QED) is 0.351. The van der Waals surface area contributed by atoms with E-state index in [4.69, 9.17) is 4.74 Å². The molecule has 0 unspecified atom stereocenters. The third-order valence-electron chi connectivity index (χ3n) is 4.99. The van der Waals surface area contributed by atoms with Gasteiger partial charge in [0.1, 0.15) is 11.6 Å². The predicted molar refractivity (Wildman–Crippen MR) is 121 cm³/mol. The zero-order valence-electron chi connectivity index (χ0n) is 18.4. The number of Topliss-reactive ketones (excluding diaryl/α,β-unsaturated/α-hetero) is 1. The van der Waals surface area contributed by atoms with Gasteiger partial charge in [0.15, 0.2) is 16.8 Å². The third-order valence-corrected chi connectivity index (χ3v) is 6.04. The minimum Gasteiger partial charge on any atom is -0.494 e. The van der Waals surface area contributed by atoms with Crippen LogP contribution in [0.3, 0.4) is 0 Å². The van der Waals surface area contributed by atoms with Gasteiger partial charge in [-0.1, -0.05) is 11.8 Å². The fraction of sp³-hybridized carbons (Fsp3) is 0.348. The largest absolute Gasteiger partial charge is 0.494 e. The van der Waals surface area contributed by atoms with Crippen LogP contribution in [0.2, 0.25) is 0 Å². The Bertz CT molecular complexity index is 1020. The molecule has 164 valence electrons. The molecule has 2 aromatic carbocycles. The maximum absolute atomic E-state index is 13.5. The molecule has 2 atom stereocenters. The number of hydrogen-bond acceptors (Lipinski definition) is 6. The van der Waals surface area contributed by atoms with Crippen LogP contribution in [0.25, 0.3) is 5.69 Å². The third kappa shape index (κ3) is 5.32. The van der Waals surface area contributed by atoms with Crippen molar-refractivity contribution in [3.8, 4) is 11.4 Å². The molecular formula is C23H27FN4O2S. The number of ketones is 1. The van der Waals surface area contributed by atoms with Crippen molar-refractivity contribution in [2.45, 2.75) is 37.2 Å². The lowest BCUT2D eigenvalue weighted by Crippen LogP contribution is -2.21. The number of hydrogen-bond donors (Lipinski definition) is 0. The molecule has 0 bridgehead atoms. The Kier molecular flexibility index (Phi) is 7.46. The van der Waals surface area contributed by atoms with Crippen molar-refractivity contribution in [1.29, 1.82) is 0 Å². The van der Waals surface area contributed by atoms with Crippen molar-refractivity contribution < 1.29 is 13.9 Å². The first-order chi connectivity index (χ1) is 14.8. The van der Waals surface area contributed by atoms with Crippen LogP contribution in [0.4, 0.5) is 4.39 Å². The normalized spacial score (nSPS) is 13.3. The summed E-state index contributed by atoms with van der Waals surface area (Å²) in [5.41, 5.74) is 1.36. The Morgan fingerprint density at radius 3 is 2.32 bits per heavy atom. The second kappa shape index (κ2) is 10.1. The molecule has 0 spiro atoms. The standard InChI is InChI=1S/C23H27FN4O2S/c1-6-30-20-13-7-17(8-14-20)21(29)16(3)31-23-26-25-22(15(2)27(4)5)28(23)19-11-9-18(24)10-12-19/h7-16H,6H2,1-5H3/t15-,16-/m0/s1. The molecule has 0 amide bonds. The van der Waals surface area contributed by atoms with Gasteiger partial charge in [-0.25, -0.2) is 4.39 Å². The summed E-state index contributed by atoms with van der Waals surface area (Å²) in [4.78, 5) is 15.0. The van der Waals surface area contributed by atoms with E-state index in [0.29, 0.717) is 17.3 Å². The molecule has 0 N–H and O–H groups in total. The molecular weight excluding hydrogens is 415 g/mol. The van der Waals surface area contributed by atoms with Gasteiger partial charge in [-0.05, 0) is 83.4 Å². The average molecular weight is 443 g/mol. The highest BCUT2D eigenvalue weighted by Crippen LogP contribution is 2.30. The SMILES string of the molecule is CCOc1ccc(C(=O)[C@H](C)Sc2nnc([C@H](C)N(C)C)n2-c2ccc(F)cc2)cc1. The van der Waals surface area contributed by atoms with E-state index in [9.17, 15) is 9.18 Å². The van der Waals surface area contributed by atoms with Crippen LogP contribution in [0.15, 0.2) is 53.7 Å². The summed E-state index contributed by atoms with van der Waals surface area (Å²) in [6.07, 6.45) is 0. The molecule has 0 fully saturated rings. The molecule has 8 heteroatoms. The first-order valence-corrected chi connectivity index (χ1v) is 11.0. The molecule has 31 heavy (non-hydrogen) atoms. The zero-order valence-corrected chi connectivity index (χ0v) is 19.2. The van der Waals surface area contributed by atoms with Gasteiger partial charge in [0, 0.05) is 11.3 Å². The number of carbonyl (C=O) groups is 1. The fourth-order valence-corrected chi connectivity index (χ4v) is 3.97. The Morgan fingerprint density at radius 1 is 1.10 bits per heavy atom. The molecule has 1 aromatic heterocycles. The highest BCUT2D eigenvalue weighted by atomic mass is 32.2. The van der Waals surface area contributed by atoms with Crippen LogP contribution in [0, 0.1) is 5.82 Å². The van der Waals surface area contributed by atoms with Gasteiger partial charge in [0.25, 0.3) is 0 Å². The molecule has 0 aliphatic carbocycles. The molecule has 3 aromatic rings. The summed E-state index contributed by atoms with van der Waals surface area (Å²) in [6.45, 7) is 6.36. The van der Waals surface area contributed by atoms with Crippen molar-refractivity contribution in [2.75, 3.05) is 20.7 Å². The molecule has 0 aliphatic rings. The number of ether oxygens (including phenoxy) is 1. The molecule has 0 aliphatic heterocycles. The van der Waals surface area contributed by atoms with E-state index >= 15 is 0 Å². The first kappa shape index (κ1) is 23.0. The van der Waals surface area contributed by atoms with Gasteiger partial charge in [0.05, 0.1) is 17.9 Å². The number of thioether (sulfide) groups is 1. The van der Waals surface area contributed by atoms with Crippen molar-refractivity contribution in [2.24, 2.45) is 0 Å². The summed E-state index contributed by atoms with van der Waals surface area (Å²) in [5, 5.41) is 8.94. The monoisotopic (exact) mass is 442 g/mol. The van der Waals surface area contributed by atoms with Crippen molar-refractivity contribution >= 4 is 17.5 Å². The number of aromatic nitrogens is 3. The van der Waals surface area contributed by atoms with Crippen molar-refractivity contribution in [3.05, 3.63) is 65.7 Å². The van der Waals surface area contributed by atoms with Crippen LogP contribution in [-0.2, 0) is 0 Å². The number of halogens is 1. The second-order valence-corrected chi connectivity index (χ2v) is 8.68. The summed E-state index contributed by atoms with van der Waals surface area (Å²) in [5.74, 6) is 1.13. The predicted octanol–water partition coefficient (Wildman–Crippen LogP) is 4.79. The summed E-state index contributed by atoms with van der Waals surface area (Å²) >= 11 is 1.33. The van der Waals surface area contributed by atoms with Gasteiger partial charge < -0.3 is 4.74 Å². The van der Waals surface area contributed by atoms with Gasteiger partial charge in [-0.15, -0.1) is 10.2 Å². The van der Waals surface area contributed by atoms with Crippen molar-refractivity contribution in [1.82, 2.24) is 19.7 Å². The van der Waals surface area contributed by atoms with E-state index in [0.717, 1.165) is 17.3 Å². The van der Waals surface area contributed by atoms with Gasteiger partial charge in [-0.2, -0.15) is 0 Å². The summed E-state index contributed by atoms with van der Waals surface area (Å²) < 4.78 is 20.8. The maximum atomic E-state index is 13.5. The summed E-state index contributed by atoms with van der Waals surface area (Å²) in [6, 6.07) is 13.3. The molecule has 0 saturated carbocycles. The van der Waals surface area contributed by atoms with E-state index < -0.39 is 0 Å². The van der Waals surface area contributed by atoms with Gasteiger partial charge >= 0.3 is 0 Å². The number of carbonyl (C=O) groups excluding carboxylic acids is 1. The molecule has 0 saturated heterocycles. The molecule has 1 heterocycles. The van der Waals surface area contributed by atoms with E-state index in [1.807, 2.05) is 44.3 Å². The Balaban J connectivity index is 1.89. The lowest BCUT2D eigenvalue weighted by atomic mass is 10.1. The van der Waals surface area contributed by atoms with E-state index in [1.165, 1.54) is 23.9 Å². The lowest BCUT2D eigenvalue weighted by Gasteiger charge is -2.21. The van der Waals surface area contributed by atoms with Gasteiger partial charge in [-0.3, -0.25) is 14.3 Å². The fourth-order valence-electron chi connectivity index (χ4n) is 3.02. The highest BCUT2D eigenvalue weighted by molar-refractivity contribution is 8.00. The van der Waals surface area contributed by atoms with Crippen molar-refractivity contribution in [3.63, 3.8) is 0 Å². The lowest BCUT2D eigenvalue weighted by molar-refractivity contribution is 0.0994. The molecule has 0 radical (unpaired) electrons. The number of nitrogens with zero attached hydrogens (tertiary/aromatic N) is 4. The Morgan fingerprint density at radius 2 is 1.74 bits per heavy atom. The van der Waals surface area contributed by atoms with Crippen LogP contribution in [-0.4, -0.2) is 51.4 Å². The van der Waals surface area contributed by atoms with Gasteiger partial charge in [0.2, 0.25) is 0 Å². The van der Waals surface area contributed by atoms with Crippen LogP contribution in [0.1, 0.15) is 43.0 Å². The zero-order chi connectivity index (χ0) is 22.5. The minimum atomic E-state index is -0.385. The summed E-state index contributed by atoms with van der Waals surface area (Å²) in [7, 11) is 3.92. The smallest absolute Gasteiger partial charge is 0.196 e. The maximum Gasteiger partial charge on any atom is 0.196 e. The second-order valence-electron chi connectivity index (χ2n) is 7.37.